The first-order valence-corrected chi connectivity index (χ1v) is 8.83. The topological polar surface area (TPSA) is 76.1 Å². The van der Waals surface area contributed by atoms with Crippen LogP contribution in [0.15, 0.2) is 54.6 Å². The first kappa shape index (κ1) is 19.3. The number of nitrogens with one attached hydrogen (secondary N) is 2. The van der Waals surface area contributed by atoms with Gasteiger partial charge in [-0.3, -0.25) is 4.79 Å². The molecule has 0 atom stereocenters. The number of nitrogens with zero attached hydrogens (tertiary/aromatic N) is 2. The minimum absolute atomic E-state index is 0.255. The van der Waals surface area contributed by atoms with E-state index in [9.17, 15) is 9.18 Å². The van der Waals surface area contributed by atoms with Gasteiger partial charge < -0.3 is 15.4 Å². The van der Waals surface area contributed by atoms with Crippen LogP contribution in [0.2, 0.25) is 0 Å². The fourth-order valence-corrected chi connectivity index (χ4v) is 2.66. The van der Waals surface area contributed by atoms with Crippen molar-refractivity contribution in [1.82, 2.24) is 9.97 Å². The van der Waals surface area contributed by atoms with Crippen molar-refractivity contribution in [3.8, 4) is 5.75 Å². The third-order valence-electron chi connectivity index (χ3n) is 4.03. The van der Waals surface area contributed by atoms with Crippen molar-refractivity contribution < 1.29 is 13.9 Å². The molecule has 0 fully saturated rings. The number of carbonyl (C=O) groups excluding carboxylic acids is 1. The van der Waals surface area contributed by atoms with Gasteiger partial charge in [0.2, 0.25) is 0 Å². The first-order valence-electron chi connectivity index (χ1n) is 8.83. The van der Waals surface area contributed by atoms with Gasteiger partial charge in [-0.15, -0.1) is 0 Å². The number of hydrogen-bond acceptors (Lipinski definition) is 5. The first-order chi connectivity index (χ1) is 13.5. The molecule has 0 bridgehead atoms. The third-order valence-corrected chi connectivity index (χ3v) is 4.03. The Balaban J connectivity index is 1.64. The largest absolute Gasteiger partial charge is 0.497 e. The van der Waals surface area contributed by atoms with E-state index in [4.69, 9.17) is 4.74 Å². The summed E-state index contributed by atoms with van der Waals surface area (Å²) in [6.07, 6.45) is 0.703. The standard InChI is InChI=1S/C21H21FN4O2/c1-14-24-19(21(27)26-17-4-3-5-18(12-17)28-2)13-20(25-14)23-11-10-15-6-8-16(22)9-7-15/h3-9,12-13H,10-11H2,1-2H3,(H,26,27)(H,23,24,25). The van der Waals surface area contributed by atoms with Gasteiger partial charge in [0.1, 0.15) is 28.9 Å². The van der Waals surface area contributed by atoms with E-state index in [2.05, 4.69) is 20.6 Å². The van der Waals surface area contributed by atoms with Crippen molar-refractivity contribution >= 4 is 17.4 Å². The number of hydrogen-bond donors (Lipinski definition) is 2. The van der Waals surface area contributed by atoms with Gasteiger partial charge in [-0.25, -0.2) is 14.4 Å². The third kappa shape index (κ3) is 5.26. The van der Waals surface area contributed by atoms with Gasteiger partial charge >= 0.3 is 0 Å². The molecule has 0 saturated carbocycles. The molecule has 3 rings (SSSR count). The molecule has 28 heavy (non-hydrogen) atoms. The summed E-state index contributed by atoms with van der Waals surface area (Å²) in [4.78, 5) is 21.1. The molecule has 0 radical (unpaired) electrons. The quantitative estimate of drug-likeness (QED) is 0.651. The Morgan fingerprint density at radius 1 is 1.11 bits per heavy atom. The summed E-state index contributed by atoms with van der Waals surface area (Å²) >= 11 is 0. The second kappa shape index (κ2) is 8.94. The molecule has 2 N–H and O–H groups in total. The number of rotatable bonds is 7. The minimum Gasteiger partial charge on any atom is -0.497 e. The van der Waals surface area contributed by atoms with Crippen LogP contribution in [-0.4, -0.2) is 29.5 Å². The Hall–Kier alpha value is -3.48. The monoisotopic (exact) mass is 380 g/mol. The zero-order valence-corrected chi connectivity index (χ0v) is 15.7. The van der Waals surface area contributed by atoms with Crippen LogP contribution in [0.4, 0.5) is 15.9 Å². The zero-order chi connectivity index (χ0) is 19.9. The number of aromatic nitrogens is 2. The van der Waals surface area contributed by atoms with Crippen LogP contribution >= 0.6 is 0 Å². The van der Waals surface area contributed by atoms with Crippen LogP contribution in [0, 0.1) is 12.7 Å². The predicted molar refractivity (Wildman–Crippen MR) is 106 cm³/mol. The zero-order valence-electron chi connectivity index (χ0n) is 15.7. The number of amides is 1. The number of carbonyl (C=O) groups is 1. The maximum atomic E-state index is 13.0. The van der Waals surface area contributed by atoms with Crippen LogP contribution < -0.4 is 15.4 Å². The van der Waals surface area contributed by atoms with Gasteiger partial charge in [-0.05, 0) is 43.2 Å². The van der Waals surface area contributed by atoms with E-state index in [0.717, 1.165) is 5.56 Å². The van der Waals surface area contributed by atoms with Crippen LogP contribution in [-0.2, 0) is 6.42 Å². The highest BCUT2D eigenvalue weighted by Crippen LogP contribution is 2.18. The van der Waals surface area contributed by atoms with Crippen molar-refractivity contribution in [2.75, 3.05) is 24.3 Å². The van der Waals surface area contributed by atoms with E-state index in [1.54, 1.807) is 56.5 Å². The van der Waals surface area contributed by atoms with E-state index in [-0.39, 0.29) is 17.4 Å². The maximum Gasteiger partial charge on any atom is 0.274 e. The Labute approximate surface area is 162 Å². The molecule has 1 aromatic heterocycles. The fourth-order valence-electron chi connectivity index (χ4n) is 2.66. The molecule has 0 aliphatic carbocycles. The van der Waals surface area contributed by atoms with Crippen molar-refractivity contribution in [3.63, 3.8) is 0 Å². The molecule has 0 unspecified atom stereocenters. The molecular weight excluding hydrogens is 359 g/mol. The van der Waals surface area contributed by atoms with Crippen molar-refractivity contribution in [1.29, 1.82) is 0 Å². The van der Waals surface area contributed by atoms with Crippen LogP contribution in [0.25, 0.3) is 0 Å². The fraction of sp³-hybridized carbons (Fsp3) is 0.190. The van der Waals surface area contributed by atoms with E-state index >= 15 is 0 Å². The molecule has 2 aromatic carbocycles. The number of anilines is 2. The number of halogens is 1. The second-order valence-corrected chi connectivity index (χ2v) is 6.17. The summed E-state index contributed by atoms with van der Waals surface area (Å²) in [6, 6.07) is 15.1. The molecule has 0 aliphatic heterocycles. The van der Waals surface area contributed by atoms with Gasteiger partial charge in [-0.1, -0.05) is 18.2 Å². The lowest BCUT2D eigenvalue weighted by Crippen LogP contribution is -2.16. The molecule has 3 aromatic rings. The maximum absolute atomic E-state index is 13.0. The highest BCUT2D eigenvalue weighted by atomic mass is 19.1. The van der Waals surface area contributed by atoms with E-state index in [0.29, 0.717) is 36.0 Å². The lowest BCUT2D eigenvalue weighted by molar-refractivity contribution is 0.102. The molecule has 1 heterocycles. The normalized spacial score (nSPS) is 10.4. The Morgan fingerprint density at radius 2 is 1.89 bits per heavy atom. The molecule has 0 saturated heterocycles. The summed E-state index contributed by atoms with van der Waals surface area (Å²) in [5.41, 5.74) is 1.89. The highest BCUT2D eigenvalue weighted by Gasteiger charge is 2.11. The van der Waals surface area contributed by atoms with Gasteiger partial charge in [0.15, 0.2) is 0 Å². The number of ether oxygens (including phenoxy) is 1. The SMILES string of the molecule is COc1cccc(NC(=O)c2cc(NCCc3ccc(F)cc3)nc(C)n2)c1. The van der Waals surface area contributed by atoms with Crippen molar-refractivity contribution in [2.24, 2.45) is 0 Å². The second-order valence-electron chi connectivity index (χ2n) is 6.17. The molecule has 1 amide bonds. The molecule has 144 valence electrons. The highest BCUT2D eigenvalue weighted by molar-refractivity contribution is 6.03. The summed E-state index contributed by atoms with van der Waals surface area (Å²) in [6.45, 7) is 2.33. The van der Waals surface area contributed by atoms with Gasteiger partial charge in [-0.2, -0.15) is 0 Å². The number of benzene rings is 2. The molecule has 7 heteroatoms. The average molecular weight is 380 g/mol. The Morgan fingerprint density at radius 3 is 2.64 bits per heavy atom. The van der Waals surface area contributed by atoms with Crippen LogP contribution in [0.1, 0.15) is 21.9 Å². The summed E-state index contributed by atoms with van der Waals surface area (Å²) in [5.74, 6) is 1.11. The summed E-state index contributed by atoms with van der Waals surface area (Å²) in [7, 11) is 1.57. The molecule has 0 spiro atoms. The summed E-state index contributed by atoms with van der Waals surface area (Å²) in [5, 5.41) is 5.98. The van der Waals surface area contributed by atoms with Crippen molar-refractivity contribution in [2.45, 2.75) is 13.3 Å². The van der Waals surface area contributed by atoms with Gasteiger partial charge in [0, 0.05) is 24.4 Å². The number of aryl methyl sites for hydroxylation is 1. The smallest absolute Gasteiger partial charge is 0.274 e. The van der Waals surface area contributed by atoms with Crippen molar-refractivity contribution in [3.05, 3.63) is 77.5 Å². The molecule has 6 nitrogen and oxygen atoms in total. The van der Waals surface area contributed by atoms with E-state index in [1.165, 1.54) is 12.1 Å². The van der Waals surface area contributed by atoms with Crippen LogP contribution in [0.3, 0.4) is 0 Å². The minimum atomic E-state index is -0.333. The summed E-state index contributed by atoms with van der Waals surface area (Å²) < 4.78 is 18.1. The van der Waals surface area contributed by atoms with Gasteiger partial charge in [0.25, 0.3) is 5.91 Å². The van der Waals surface area contributed by atoms with Crippen LogP contribution in [0.5, 0.6) is 5.75 Å². The molecule has 0 aliphatic rings. The van der Waals surface area contributed by atoms with E-state index < -0.39 is 0 Å². The Kier molecular flexibility index (Phi) is 6.16. The predicted octanol–water partition coefficient (Wildman–Crippen LogP) is 3.84. The number of methoxy groups -OCH3 is 1. The Bertz CT molecular complexity index is 961. The average Bonchev–Trinajstić information content (AvgIpc) is 2.69. The van der Waals surface area contributed by atoms with E-state index in [1.807, 2.05) is 0 Å². The molecular formula is C21H21FN4O2. The van der Waals surface area contributed by atoms with Gasteiger partial charge in [0.05, 0.1) is 7.11 Å². The lowest BCUT2D eigenvalue weighted by Gasteiger charge is -2.10. The lowest BCUT2D eigenvalue weighted by atomic mass is 10.1.